The summed E-state index contributed by atoms with van der Waals surface area (Å²) in [4.78, 5) is 0. The normalized spacial score (nSPS) is 18.8. The maximum Gasteiger partial charge on any atom is 0.0244 e. The molecule has 2 aromatic rings. The molecule has 2 aromatic carbocycles. The topological polar surface area (TPSA) is 24.1 Å². The highest BCUT2D eigenvalue weighted by Gasteiger charge is 2.29. The first-order valence-corrected chi connectivity index (χ1v) is 8.74. The molecular formula is C21H28N2. The number of hydrogen-bond donors (Lipinski definition) is 2. The van der Waals surface area contributed by atoms with Crippen molar-refractivity contribution in [2.75, 3.05) is 19.6 Å². The Morgan fingerprint density at radius 3 is 2.48 bits per heavy atom. The number of benzene rings is 2. The molecule has 0 saturated carbocycles. The molecule has 1 aliphatic heterocycles. The predicted molar refractivity (Wildman–Crippen MR) is 98.6 cm³/mol. The van der Waals surface area contributed by atoms with Gasteiger partial charge in [-0.2, -0.15) is 0 Å². The van der Waals surface area contributed by atoms with Crippen LogP contribution >= 0.6 is 0 Å². The van der Waals surface area contributed by atoms with Crippen LogP contribution in [0.25, 0.3) is 11.1 Å². The van der Waals surface area contributed by atoms with Crippen LogP contribution in [0.2, 0.25) is 0 Å². The Hall–Kier alpha value is -1.64. The van der Waals surface area contributed by atoms with E-state index in [1.165, 1.54) is 23.1 Å². The molecule has 1 heterocycles. The highest BCUT2D eigenvalue weighted by atomic mass is 15.1. The molecule has 1 saturated heterocycles. The van der Waals surface area contributed by atoms with E-state index < -0.39 is 0 Å². The fourth-order valence-electron chi connectivity index (χ4n) is 3.38. The van der Waals surface area contributed by atoms with Gasteiger partial charge in [0, 0.05) is 25.7 Å². The average Bonchev–Trinajstić information content (AvgIpc) is 2.62. The quantitative estimate of drug-likeness (QED) is 0.876. The van der Waals surface area contributed by atoms with Gasteiger partial charge in [0.25, 0.3) is 0 Å². The number of aryl methyl sites for hydroxylation is 1. The lowest BCUT2D eigenvalue weighted by molar-refractivity contribution is 0.201. The molecule has 122 valence electrons. The summed E-state index contributed by atoms with van der Waals surface area (Å²) in [5.74, 6) is 0. The zero-order valence-corrected chi connectivity index (χ0v) is 14.3. The van der Waals surface area contributed by atoms with Crippen molar-refractivity contribution in [2.24, 2.45) is 5.41 Å². The predicted octanol–water partition coefficient (Wildman–Crippen LogP) is 3.87. The summed E-state index contributed by atoms with van der Waals surface area (Å²) >= 11 is 0. The van der Waals surface area contributed by atoms with Gasteiger partial charge >= 0.3 is 0 Å². The van der Waals surface area contributed by atoms with E-state index in [-0.39, 0.29) is 0 Å². The second-order valence-electron chi connectivity index (χ2n) is 7.27. The fraction of sp³-hybridized carbons (Fsp3) is 0.429. The maximum absolute atomic E-state index is 3.67. The molecule has 0 radical (unpaired) electrons. The molecule has 1 unspecified atom stereocenters. The van der Waals surface area contributed by atoms with Crippen LogP contribution in [0.5, 0.6) is 0 Å². The summed E-state index contributed by atoms with van der Waals surface area (Å²) in [6.07, 6.45) is 2.33. The third kappa shape index (κ3) is 4.21. The lowest BCUT2D eigenvalue weighted by Gasteiger charge is -2.38. The molecular weight excluding hydrogens is 280 g/mol. The molecule has 0 aliphatic carbocycles. The van der Waals surface area contributed by atoms with Crippen molar-refractivity contribution in [3.05, 3.63) is 60.2 Å². The van der Waals surface area contributed by atoms with Gasteiger partial charge in [-0.25, -0.2) is 0 Å². The maximum atomic E-state index is 3.67. The number of rotatable bonds is 5. The average molecular weight is 308 g/mol. The van der Waals surface area contributed by atoms with Crippen molar-refractivity contribution in [3.8, 4) is 11.1 Å². The molecule has 1 atom stereocenters. The summed E-state index contributed by atoms with van der Waals surface area (Å²) in [6.45, 7) is 8.03. The minimum absolute atomic E-state index is 0.302. The smallest absolute Gasteiger partial charge is 0.0244 e. The van der Waals surface area contributed by atoms with Gasteiger partial charge < -0.3 is 10.6 Å². The van der Waals surface area contributed by atoms with Gasteiger partial charge in [0.05, 0.1) is 0 Å². The van der Waals surface area contributed by atoms with Crippen LogP contribution in [-0.2, 0) is 6.42 Å². The molecule has 1 fully saturated rings. The molecule has 0 bridgehead atoms. The largest absolute Gasteiger partial charge is 0.314 e. The molecule has 2 heteroatoms. The van der Waals surface area contributed by atoms with Gasteiger partial charge in [0.15, 0.2) is 0 Å². The Balaban J connectivity index is 1.66. The molecule has 3 rings (SSSR count). The van der Waals surface area contributed by atoms with E-state index in [4.69, 9.17) is 0 Å². The molecule has 2 N–H and O–H groups in total. The summed E-state index contributed by atoms with van der Waals surface area (Å²) in [6, 6.07) is 20.2. The molecule has 23 heavy (non-hydrogen) atoms. The van der Waals surface area contributed by atoms with Crippen molar-refractivity contribution >= 4 is 0 Å². The monoisotopic (exact) mass is 308 g/mol. The van der Waals surface area contributed by atoms with E-state index in [0.29, 0.717) is 11.5 Å². The minimum atomic E-state index is 0.302. The van der Waals surface area contributed by atoms with Gasteiger partial charge in [-0.3, -0.25) is 0 Å². The van der Waals surface area contributed by atoms with Crippen molar-refractivity contribution in [3.63, 3.8) is 0 Å². The fourth-order valence-corrected chi connectivity index (χ4v) is 3.38. The van der Waals surface area contributed by atoms with Crippen molar-refractivity contribution in [1.82, 2.24) is 10.6 Å². The highest BCUT2D eigenvalue weighted by Crippen LogP contribution is 2.29. The first-order valence-electron chi connectivity index (χ1n) is 8.74. The number of nitrogens with one attached hydrogen (secondary N) is 2. The number of hydrogen-bond acceptors (Lipinski definition) is 2. The Kier molecular flexibility index (Phi) is 5.14. The van der Waals surface area contributed by atoms with E-state index in [9.17, 15) is 0 Å². The second kappa shape index (κ2) is 7.29. The van der Waals surface area contributed by atoms with Gasteiger partial charge in [0.1, 0.15) is 0 Å². The van der Waals surface area contributed by atoms with E-state index in [0.717, 1.165) is 26.1 Å². The second-order valence-corrected chi connectivity index (χ2v) is 7.27. The van der Waals surface area contributed by atoms with Crippen molar-refractivity contribution in [1.29, 1.82) is 0 Å². The lowest BCUT2D eigenvalue weighted by Crippen LogP contribution is -2.55. The highest BCUT2D eigenvalue weighted by molar-refractivity contribution is 5.63. The van der Waals surface area contributed by atoms with E-state index in [2.05, 4.69) is 79.1 Å². The Labute approximate surface area is 140 Å². The molecule has 0 amide bonds. The van der Waals surface area contributed by atoms with Crippen LogP contribution < -0.4 is 10.6 Å². The zero-order chi connectivity index (χ0) is 16.1. The van der Waals surface area contributed by atoms with Crippen LogP contribution in [0.3, 0.4) is 0 Å². The van der Waals surface area contributed by atoms with Crippen LogP contribution in [-0.4, -0.2) is 25.7 Å². The van der Waals surface area contributed by atoms with E-state index in [1.54, 1.807) is 0 Å². The Bertz CT molecular complexity index is 613. The minimum Gasteiger partial charge on any atom is -0.314 e. The van der Waals surface area contributed by atoms with Gasteiger partial charge in [-0.05, 0) is 34.9 Å². The lowest BCUT2D eigenvalue weighted by atomic mass is 9.78. The summed E-state index contributed by atoms with van der Waals surface area (Å²) in [5.41, 5.74) is 4.35. The van der Waals surface area contributed by atoms with Crippen molar-refractivity contribution in [2.45, 2.75) is 32.7 Å². The molecule has 0 spiro atoms. The van der Waals surface area contributed by atoms with Gasteiger partial charge in [0.2, 0.25) is 0 Å². The molecule has 1 aliphatic rings. The van der Waals surface area contributed by atoms with Gasteiger partial charge in [-0.1, -0.05) is 68.4 Å². The van der Waals surface area contributed by atoms with Crippen LogP contribution in [0.15, 0.2) is 54.6 Å². The van der Waals surface area contributed by atoms with Crippen molar-refractivity contribution < 1.29 is 0 Å². The standard InChI is InChI=1S/C21H28N2/c1-21(2,20-16-22-13-14-23-20)12-11-17-7-6-10-19(15-17)18-8-4-3-5-9-18/h3-10,15,20,22-23H,11-14,16H2,1-2H3. The van der Waals surface area contributed by atoms with E-state index in [1.807, 2.05) is 0 Å². The molecule has 2 nitrogen and oxygen atoms in total. The first kappa shape index (κ1) is 16.2. The third-order valence-electron chi connectivity index (χ3n) is 5.08. The Morgan fingerprint density at radius 2 is 1.74 bits per heavy atom. The van der Waals surface area contributed by atoms with Gasteiger partial charge in [-0.15, -0.1) is 0 Å². The Morgan fingerprint density at radius 1 is 0.957 bits per heavy atom. The first-order chi connectivity index (χ1) is 11.1. The number of piperazine rings is 1. The summed E-state index contributed by atoms with van der Waals surface area (Å²) in [5, 5.41) is 7.18. The summed E-state index contributed by atoms with van der Waals surface area (Å²) in [7, 11) is 0. The summed E-state index contributed by atoms with van der Waals surface area (Å²) < 4.78 is 0. The SMILES string of the molecule is CC(C)(CCc1cccc(-c2ccccc2)c1)C1CNCCN1. The van der Waals surface area contributed by atoms with E-state index >= 15 is 0 Å². The zero-order valence-electron chi connectivity index (χ0n) is 14.3. The van der Waals surface area contributed by atoms with Crippen LogP contribution in [0.4, 0.5) is 0 Å². The van der Waals surface area contributed by atoms with Crippen LogP contribution in [0, 0.1) is 5.41 Å². The van der Waals surface area contributed by atoms with Crippen LogP contribution in [0.1, 0.15) is 25.8 Å². The molecule has 0 aromatic heterocycles. The third-order valence-corrected chi connectivity index (χ3v) is 5.08.